The maximum Gasteiger partial charge on any atom is 0.224 e. The van der Waals surface area contributed by atoms with Gasteiger partial charge in [0.25, 0.3) is 0 Å². The second kappa shape index (κ2) is 5.50. The van der Waals surface area contributed by atoms with Crippen LogP contribution >= 0.6 is 0 Å². The first-order chi connectivity index (χ1) is 10.1. The number of nitrogens with zero attached hydrogens (tertiary/aromatic N) is 2. The largest absolute Gasteiger partial charge is 0.337 e. The van der Waals surface area contributed by atoms with Gasteiger partial charge in [-0.15, -0.1) is 0 Å². The molecule has 2 unspecified atom stereocenters. The van der Waals surface area contributed by atoms with Crippen molar-refractivity contribution >= 4 is 5.91 Å². The number of likely N-dealkylation sites (tertiary alicyclic amines) is 1. The number of benzene rings is 1. The van der Waals surface area contributed by atoms with E-state index in [-0.39, 0.29) is 11.8 Å². The van der Waals surface area contributed by atoms with Crippen molar-refractivity contribution in [3.63, 3.8) is 0 Å². The number of carbonyl (C=O) groups excluding carboxylic acids is 1. The standard InChI is InChI=1S/C17H21N3O/c1-20-9-7-17(12-18,8-10-20)19-16(21)15-11-14(15)13-5-3-2-4-6-13/h2-6,14-15H,7-11H2,1H3,(H,19,21). The molecule has 3 rings (SSSR count). The number of carbonyl (C=O) groups is 1. The molecular formula is C17H21N3O. The number of amides is 1. The molecule has 1 aromatic carbocycles. The third-order valence-corrected chi connectivity index (χ3v) is 4.77. The number of nitrogens with one attached hydrogen (secondary N) is 1. The van der Waals surface area contributed by atoms with Gasteiger partial charge in [0.15, 0.2) is 0 Å². The van der Waals surface area contributed by atoms with E-state index in [1.54, 1.807) is 0 Å². The molecule has 1 aromatic rings. The molecule has 1 amide bonds. The Balaban J connectivity index is 1.61. The Labute approximate surface area is 125 Å². The topological polar surface area (TPSA) is 56.1 Å². The highest BCUT2D eigenvalue weighted by atomic mass is 16.2. The minimum absolute atomic E-state index is 0.0391. The van der Waals surface area contributed by atoms with Crippen LogP contribution in [0.3, 0.4) is 0 Å². The minimum atomic E-state index is -0.659. The van der Waals surface area contributed by atoms with Crippen LogP contribution < -0.4 is 5.32 Å². The molecule has 0 spiro atoms. The lowest BCUT2D eigenvalue weighted by Gasteiger charge is -2.36. The van der Waals surface area contributed by atoms with Crippen LogP contribution in [0.4, 0.5) is 0 Å². The fourth-order valence-corrected chi connectivity index (χ4v) is 3.15. The Hall–Kier alpha value is -1.86. The van der Waals surface area contributed by atoms with Gasteiger partial charge in [-0.1, -0.05) is 30.3 Å². The van der Waals surface area contributed by atoms with Crippen molar-refractivity contribution in [3.05, 3.63) is 35.9 Å². The van der Waals surface area contributed by atoms with Crippen LogP contribution in [0.15, 0.2) is 30.3 Å². The Morgan fingerprint density at radius 3 is 2.62 bits per heavy atom. The molecule has 0 radical (unpaired) electrons. The summed E-state index contributed by atoms with van der Waals surface area (Å²) in [5.74, 6) is 0.417. The third kappa shape index (κ3) is 2.93. The van der Waals surface area contributed by atoms with Crippen LogP contribution in [0.2, 0.25) is 0 Å². The van der Waals surface area contributed by atoms with E-state index in [0.717, 1.165) is 19.5 Å². The quantitative estimate of drug-likeness (QED) is 0.921. The number of hydrogen-bond donors (Lipinski definition) is 1. The van der Waals surface area contributed by atoms with Gasteiger partial charge in [0.05, 0.1) is 6.07 Å². The molecule has 0 bridgehead atoms. The first-order valence-corrected chi connectivity index (χ1v) is 7.60. The molecular weight excluding hydrogens is 262 g/mol. The van der Waals surface area contributed by atoms with E-state index in [2.05, 4.69) is 35.5 Å². The monoisotopic (exact) mass is 283 g/mol. The molecule has 2 aliphatic rings. The van der Waals surface area contributed by atoms with Crippen molar-refractivity contribution in [2.45, 2.75) is 30.7 Å². The van der Waals surface area contributed by atoms with Gasteiger partial charge in [0, 0.05) is 19.0 Å². The number of nitriles is 1. The Bertz CT molecular complexity index is 555. The van der Waals surface area contributed by atoms with Gasteiger partial charge in [0.1, 0.15) is 5.54 Å². The van der Waals surface area contributed by atoms with Crippen LogP contribution in [-0.4, -0.2) is 36.5 Å². The van der Waals surface area contributed by atoms with Crippen LogP contribution in [0.1, 0.15) is 30.7 Å². The lowest BCUT2D eigenvalue weighted by molar-refractivity contribution is -0.124. The molecule has 1 aliphatic heterocycles. The van der Waals surface area contributed by atoms with Gasteiger partial charge in [-0.2, -0.15) is 5.26 Å². The summed E-state index contributed by atoms with van der Waals surface area (Å²) in [5.41, 5.74) is 0.569. The van der Waals surface area contributed by atoms with Crippen molar-refractivity contribution in [2.75, 3.05) is 20.1 Å². The zero-order chi connectivity index (χ0) is 14.9. The number of hydrogen-bond acceptors (Lipinski definition) is 3. The average Bonchev–Trinajstić information content (AvgIpc) is 3.31. The first kappa shape index (κ1) is 14.1. The molecule has 4 nitrogen and oxygen atoms in total. The van der Waals surface area contributed by atoms with Crippen LogP contribution in [-0.2, 0) is 4.79 Å². The SMILES string of the molecule is CN1CCC(C#N)(NC(=O)C2CC2c2ccccc2)CC1. The number of piperidine rings is 1. The van der Waals surface area contributed by atoms with E-state index in [0.29, 0.717) is 18.8 Å². The van der Waals surface area contributed by atoms with Gasteiger partial charge in [0.2, 0.25) is 5.91 Å². The van der Waals surface area contributed by atoms with E-state index in [4.69, 9.17) is 0 Å². The molecule has 2 atom stereocenters. The zero-order valence-corrected chi connectivity index (χ0v) is 12.4. The van der Waals surface area contributed by atoms with E-state index >= 15 is 0 Å². The van der Waals surface area contributed by atoms with Gasteiger partial charge >= 0.3 is 0 Å². The van der Waals surface area contributed by atoms with Crippen molar-refractivity contribution in [3.8, 4) is 6.07 Å². The third-order valence-electron chi connectivity index (χ3n) is 4.77. The fourth-order valence-electron chi connectivity index (χ4n) is 3.15. The summed E-state index contributed by atoms with van der Waals surface area (Å²) in [7, 11) is 2.05. The normalized spacial score (nSPS) is 27.6. The summed E-state index contributed by atoms with van der Waals surface area (Å²) in [6, 6.07) is 12.5. The van der Waals surface area contributed by atoms with Gasteiger partial charge in [-0.05, 0) is 37.8 Å². The Morgan fingerprint density at radius 1 is 1.33 bits per heavy atom. The van der Waals surface area contributed by atoms with E-state index in [1.165, 1.54) is 5.56 Å². The van der Waals surface area contributed by atoms with Crippen molar-refractivity contribution in [2.24, 2.45) is 5.92 Å². The molecule has 1 saturated carbocycles. The maximum atomic E-state index is 12.4. The highest BCUT2D eigenvalue weighted by molar-refractivity contribution is 5.84. The second-order valence-corrected chi connectivity index (χ2v) is 6.35. The molecule has 1 aliphatic carbocycles. The fraction of sp³-hybridized carbons (Fsp3) is 0.529. The average molecular weight is 283 g/mol. The van der Waals surface area contributed by atoms with Crippen LogP contribution in [0.5, 0.6) is 0 Å². The lowest BCUT2D eigenvalue weighted by atomic mass is 9.89. The summed E-state index contributed by atoms with van der Waals surface area (Å²) in [6.45, 7) is 1.72. The second-order valence-electron chi connectivity index (χ2n) is 6.35. The molecule has 110 valence electrons. The van der Waals surface area contributed by atoms with Crippen molar-refractivity contribution in [1.29, 1.82) is 5.26 Å². The summed E-state index contributed by atoms with van der Waals surface area (Å²) < 4.78 is 0. The Morgan fingerprint density at radius 2 is 2.00 bits per heavy atom. The molecule has 2 fully saturated rings. The number of rotatable bonds is 3. The summed E-state index contributed by atoms with van der Waals surface area (Å²) in [4.78, 5) is 14.6. The maximum absolute atomic E-state index is 12.4. The predicted octanol–water partition coefficient (Wildman–Crippen LogP) is 1.89. The Kier molecular flexibility index (Phi) is 3.69. The molecule has 0 aromatic heterocycles. The van der Waals surface area contributed by atoms with Gasteiger partial charge in [-0.3, -0.25) is 4.79 Å². The highest BCUT2D eigenvalue weighted by Crippen LogP contribution is 2.47. The van der Waals surface area contributed by atoms with E-state index in [1.807, 2.05) is 18.2 Å². The van der Waals surface area contributed by atoms with Gasteiger partial charge in [-0.25, -0.2) is 0 Å². The summed E-state index contributed by atoms with van der Waals surface area (Å²) >= 11 is 0. The molecule has 1 heterocycles. The lowest BCUT2D eigenvalue weighted by Crippen LogP contribution is -2.54. The molecule has 1 saturated heterocycles. The molecule has 1 N–H and O–H groups in total. The highest BCUT2D eigenvalue weighted by Gasteiger charge is 2.46. The summed E-state index contributed by atoms with van der Waals surface area (Å²) in [5, 5.41) is 12.5. The zero-order valence-electron chi connectivity index (χ0n) is 12.4. The van der Waals surface area contributed by atoms with Crippen molar-refractivity contribution in [1.82, 2.24) is 10.2 Å². The van der Waals surface area contributed by atoms with E-state index in [9.17, 15) is 10.1 Å². The van der Waals surface area contributed by atoms with Crippen LogP contribution in [0, 0.1) is 17.2 Å². The summed E-state index contributed by atoms with van der Waals surface area (Å²) in [6.07, 6.45) is 2.33. The van der Waals surface area contributed by atoms with E-state index < -0.39 is 5.54 Å². The smallest absolute Gasteiger partial charge is 0.224 e. The minimum Gasteiger partial charge on any atom is -0.337 e. The van der Waals surface area contributed by atoms with Crippen LogP contribution in [0.25, 0.3) is 0 Å². The predicted molar refractivity (Wildman–Crippen MR) is 80.5 cm³/mol. The molecule has 21 heavy (non-hydrogen) atoms. The van der Waals surface area contributed by atoms with Gasteiger partial charge < -0.3 is 10.2 Å². The first-order valence-electron chi connectivity index (χ1n) is 7.60. The van der Waals surface area contributed by atoms with Crippen molar-refractivity contribution < 1.29 is 4.79 Å². The molecule has 4 heteroatoms.